The van der Waals surface area contributed by atoms with Gasteiger partial charge in [-0.1, -0.05) is 25.8 Å². The highest BCUT2D eigenvalue weighted by Crippen LogP contribution is 2.38. The maximum Gasteiger partial charge on any atom is 0.224 e. The molecule has 27 heavy (non-hydrogen) atoms. The number of hydrogen-bond donors (Lipinski definition) is 4. The Hall–Kier alpha value is -1.63. The molecule has 0 aliphatic carbocycles. The Kier molecular flexibility index (Phi) is 7.65. The lowest BCUT2D eigenvalue weighted by molar-refractivity contribution is -0.120. The predicted molar refractivity (Wildman–Crippen MR) is 108 cm³/mol. The van der Waals surface area contributed by atoms with Crippen LogP contribution in [0.3, 0.4) is 0 Å². The van der Waals surface area contributed by atoms with E-state index < -0.39 is 17.7 Å². The molecule has 0 spiro atoms. The van der Waals surface area contributed by atoms with Gasteiger partial charge in [0.05, 0.1) is 12.5 Å². The number of nitrogens with one attached hydrogen (secondary N) is 2. The van der Waals surface area contributed by atoms with Gasteiger partial charge in [-0.25, -0.2) is 0 Å². The number of unbranched alkanes of at least 4 members (excludes halogenated alkanes) is 1. The van der Waals surface area contributed by atoms with E-state index >= 15 is 0 Å². The molecule has 3 atom stereocenters. The summed E-state index contributed by atoms with van der Waals surface area (Å²) in [5, 5.41) is 16.7. The van der Waals surface area contributed by atoms with Gasteiger partial charge in [0.15, 0.2) is 0 Å². The zero-order chi connectivity index (χ0) is 20.0. The average molecular weight is 378 g/mol. The van der Waals surface area contributed by atoms with Crippen molar-refractivity contribution in [2.75, 3.05) is 13.1 Å². The monoisotopic (exact) mass is 377 g/mol. The van der Waals surface area contributed by atoms with Gasteiger partial charge in [-0.2, -0.15) is 0 Å². The second kappa shape index (κ2) is 9.53. The molecule has 1 amide bonds. The maximum atomic E-state index is 12.2. The molecule has 3 unspecified atom stereocenters. The summed E-state index contributed by atoms with van der Waals surface area (Å²) in [6.07, 6.45) is 3.06. The molecule has 1 aromatic carbocycles. The van der Waals surface area contributed by atoms with E-state index in [1.807, 2.05) is 32.0 Å². The first-order valence-electron chi connectivity index (χ1n) is 10.00. The molecule has 1 aromatic rings. The second-order valence-electron chi connectivity index (χ2n) is 8.07. The highest BCUT2D eigenvalue weighted by Gasteiger charge is 2.41. The van der Waals surface area contributed by atoms with Crippen LogP contribution in [0.4, 0.5) is 0 Å². The summed E-state index contributed by atoms with van der Waals surface area (Å²) in [6, 6.07) is 5.52. The first-order valence-corrected chi connectivity index (χ1v) is 10.00. The molecular formula is C21H35N3O3. The van der Waals surface area contributed by atoms with Crippen molar-refractivity contribution < 1.29 is 14.6 Å². The van der Waals surface area contributed by atoms with Gasteiger partial charge >= 0.3 is 0 Å². The minimum Gasteiger partial charge on any atom is -0.485 e. The topological polar surface area (TPSA) is 96.6 Å². The van der Waals surface area contributed by atoms with Gasteiger partial charge in [-0.15, -0.1) is 0 Å². The van der Waals surface area contributed by atoms with Crippen molar-refractivity contribution in [2.24, 2.45) is 5.73 Å². The number of aliphatic hydroxyl groups excluding tert-OH is 1. The van der Waals surface area contributed by atoms with Crippen LogP contribution < -0.4 is 21.1 Å². The quantitative estimate of drug-likeness (QED) is 0.494. The van der Waals surface area contributed by atoms with Crippen molar-refractivity contribution in [1.82, 2.24) is 10.6 Å². The Labute approximate surface area is 162 Å². The number of carbonyl (C=O) groups is 1. The van der Waals surface area contributed by atoms with Crippen LogP contribution in [-0.2, 0) is 11.2 Å². The molecule has 0 radical (unpaired) electrons. The molecule has 1 aliphatic heterocycles. The van der Waals surface area contributed by atoms with Crippen molar-refractivity contribution in [2.45, 2.75) is 77.2 Å². The standard InChI is InChI=1S/C21H35N3O3/c1-5-6-7-14(2)23-10-11-24-18(25)13-15-8-9-17-16(12-15)19(22)20(26)21(3,4)27-17/h8-9,12,14,19-20,23,26H,5-7,10-11,13,22H2,1-4H3,(H,24,25). The number of nitrogens with two attached hydrogens (primary N) is 1. The van der Waals surface area contributed by atoms with E-state index in [9.17, 15) is 9.90 Å². The summed E-state index contributed by atoms with van der Waals surface area (Å²) in [6.45, 7) is 9.37. The number of benzene rings is 1. The zero-order valence-corrected chi connectivity index (χ0v) is 17.0. The van der Waals surface area contributed by atoms with Crippen molar-refractivity contribution >= 4 is 5.91 Å². The molecule has 0 aromatic heterocycles. The van der Waals surface area contributed by atoms with E-state index in [1.54, 1.807) is 0 Å². The number of amides is 1. The SMILES string of the molecule is CCCCC(C)NCCNC(=O)Cc1ccc2c(c1)C(N)C(O)C(C)(C)O2. The van der Waals surface area contributed by atoms with Gasteiger partial charge in [0.25, 0.3) is 0 Å². The highest BCUT2D eigenvalue weighted by molar-refractivity contribution is 5.78. The van der Waals surface area contributed by atoms with Crippen molar-refractivity contribution in [3.63, 3.8) is 0 Å². The molecule has 0 saturated carbocycles. The zero-order valence-electron chi connectivity index (χ0n) is 17.0. The van der Waals surface area contributed by atoms with Crippen LogP contribution in [0, 0.1) is 0 Å². The van der Waals surface area contributed by atoms with Gasteiger partial charge in [-0.05, 0) is 44.9 Å². The largest absolute Gasteiger partial charge is 0.485 e. The minimum atomic E-state index is -0.796. The van der Waals surface area contributed by atoms with Crippen molar-refractivity contribution in [3.05, 3.63) is 29.3 Å². The highest BCUT2D eigenvalue weighted by atomic mass is 16.5. The lowest BCUT2D eigenvalue weighted by Gasteiger charge is -2.40. The van der Waals surface area contributed by atoms with Gasteiger partial charge < -0.3 is 26.2 Å². The van der Waals surface area contributed by atoms with Gasteiger partial charge in [0.2, 0.25) is 5.91 Å². The van der Waals surface area contributed by atoms with Gasteiger partial charge in [-0.3, -0.25) is 4.79 Å². The van der Waals surface area contributed by atoms with E-state index in [2.05, 4.69) is 24.5 Å². The van der Waals surface area contributed by atoms with Crippen LogP contribution in [0.15, 0.2) is 18.2 Å². The number of carbonyl (C=O) groups excluding carboxylic acids is 1. The van der Waals surface area contributed by atoms with E-state index in [0.29, 0.717) is 18.3 Å². The fourth-order valence-corrected chi connectivity index (χ4v) is 3.39. The predicted octanol–water partition coefficient (Wildman–Crippen LogP) is 2.05. The van der Waals surface area contributed by atoms with Crippen LogP contribution in [-0.4, -0.2) is 41.9 Å². The molecular weight excluding hydrogens is 342 g/mol. The van der Waals surface area contributed by atoms with Crippen molar-refractivity contribution in [3.8, 4) is 5.75 Å². The van der Waals surface area contributed by atoms with Crippen LogP contribution in [0.5, 0.6) is 5.75 Å². The number of rotatable bonds is 9. The Morgan fingerprint density at radius 2 is 2.11 bits per heavy atom. The fourth-order valence-electron chi connectivity index (χ4n) is 3.39. The third-order valence-corrected chi connectivity index (χ3v) is 5.15. The first-order chi connectivity index (χ1) is 12.7. The van der Waals surface area contributed by atoms with Crippen LogP contribution in [0.1, 0.15) is 64.1 Å². The summed E-state index contributed by atoms with van der Waals surface area (Å²) in [4.78, 5) is 12.2. The van der Waals surface area contributed by atoms with E-state index in [1.165, 1.54) is 12.8 Å². The lowest BCUT2D eigenvalue weighted by Crippen LogP contribution is -2.51. The fraction of sp³-hybridized carbons (Fsp3) is 0.667. The van der Waals surface area contributed by atoms with Gasteiger partial charge in [0.1, 0.15) is 17.5 Å². The summed E-state index contributed by atoms with van der Waals surface area (Å²) in [5.74, 6) is 0.649. The minimum absolute atomic E-state index is 0.0239. The molecule has 1 aliphatic rings. The number of aliphatic hydroxyl groups is 1. The van der Waals surface area contributed by atoms with Crippen LogP contribution in [0.2, 0.25) is 0 Å². The first kappa shape index (κ1) is 21.7. The molecule has 0 saturated heterocycles. The molecule has 5 N–H and O–H groups in total. The van der Waals surface area contributed by atoms with Gasteiger partial charge in [0, 0.05) is 24.7 Å². The van der Waals surface area contributed by atoms with E-state index in [-0.39, 0.29) is 12.3 Å². The molecule has 0 fully saturated rings. The number of hydrogen-bond acceptors (Lipinski definition) is 5. The lowest BCUT2D eigenvalue weighted by atomic mass is 9.86. The third-order valence-electron chi connectivity index (χ3n) is 5.15. The molecule has 152 valence electrons. The number of ether oxygens (including phenoxy) is 1. The summed E-state index contributed by atoms with van der Waals surface area (Å²) in [7, 11) is 0. The second-order valence-corrected chi connectivity index (χ2v) is 8.07. The smallest absolute Gasteiger partial charge is 0.224 e. The van der Waals surface area contributed by atoms with E-state index in [0.717, 1.165) is 24.1 Å². The number of fused-ring (bicyclic) bond motifs is 1. The normalized spacial score (nSPS) is 21.9. The Morgan fingerprint density at radius 3 is 2.81 bits per heavy atom. The van der Waals surface area contributed by atoms with E-state index in [4.69, 9.17) is 10.5 Å². The molecule has 1 heterocycles. The average Bonchev–Trinajstić information content (AvgIpc) is 2.62. The Bertz CT molecular complexity index is 633. The third kappa shape index (κ3) is 5.92. The van der Waals surface area contributed by atoms with Crippen LogP contribution in [0.25, 0.3) is 0 Å². The molecule has 6 nitrogen and oxygen atoms in total. The summed E-state index contributed by atoms with van der Waals surface area (Å²) >= 11 is 0. The van der Waals surface area contributed by atoms with Crippen LogP contribution >= 0.6 is 0 Å². The Balaban J connectivity index is 1.83. The maximum absolute atomic E-state index is 12.2. The summed E-state index contributed by atoms with van der Waals surface area (Å²) < 4.78 is 5.85. The van der Waals surface area contributed by atoms with Crippen molar-refractivity contribution in [1.29, 1.82) is 0 Å². The Morgan fingerprint density at radius 1 is 1.37 bits per heavy atom. The molecule has 2 rings (SSSR count). The molecule has 6 heteroatoms. The summed E-state index contributed by atoms with van der Waals surface area (Å²) in [5.41, 5.74) is 7.07. The molecule has 0 bridgehead atoms.